The summed E-state index contributed by atoms with van der Waals surface area (Å²) in [6.07, 6.45) is 0. The predicted molar refractivity (Wildman–Crippen MR) is 110 cm³/mol. The molecule has 0 unspecified atom stereocenters. The highest BCUT2D eigenvalue weighted by Gasteiger charge is 2.25. The van der Waals surface area contributed by atoms with Gasteiger partial charge in [0.25, 0.3) is 10.0 Å². The van der Waals surface area contributed by atoms with Crippen LogP contribution in [0.1, 0.15) is 16.6 Å². The van der Waals surface area contributed by atoms with Crippen LogP contribution in [0.25, 0.3) is 11.3 Å². The molecule has 28 heavy (non-hydrogen) atoms. The van der Waals surface area contributed by atoms with Crippen LogP contribution in [0.15, 0.2) is 52.1 Å². The van der Waals surface area contributed by atoms with Crippen molar-refractivity contribution in [3.63, 3.8) is 0 Å². The number of sulfonamides is 1. The van der Waals surface area contributed by atoms with Gasteiger partial charge in [-0.3, -0.25) is 9.59 Å². The van der Waals surface area contributed by atoms with Crippen LogP contribution >= 0.6 is 22.7 Å². The number of nitrogens with one attached hydrogen (secondary N) is 1. The zero-order valence-corrected chi connectivity index (χ0v) is 17.5. The molecule has 1 amide bonds. The van der Waals surface area contributed by atoms with Gasteiger partial charge in [0.05, 0.1) is 17.1 Å². The lowest BCUT2D eigenvalue weighted by Gasteiger charge is -2.14. The average Bonchev–Trinajstić information content (AvgIpc) is 3.32. The van der Waals surface area contributed by atoms with Gasteiger partial charge in [0, 0.05) is 19.5 Å². The van der Waals surface area contributed by atoms with Crippen molar-refractivity contribution in [2.24, 2.45) is 0 Å². The standard InChI is InChI=1S/C18H17N3O4S3/c1-12(22)17-16(13-7-4-3-5-8-13)20-18(27-17)19-14(23)11-21(2)28(24,25)15-9-6-10-26-15/h3-10H,11H2,1-2H3,(H,19,20,23). The molecule has 1 aromatic carbocycles. The van der Waals surface area contributed by atoms with Crippen LogP contribution in [0.2, 0.25) is 0 Å². The summed E-state index contributed by atoms with van der Waals surface area (Å²) in [4.78, 5) is 29.1. The number of amides is 1. The van der Waals surface area contributed by atoms with Gasteiger partial charge >= 0.3 is 0 Å². The number of thiazole rings is 1. The van der Waals surface area contributed by atoms with Crippen molar-refractivity contribution in [3.8, 4) is 11.3 Å². The number of anilines is 1. The Kier molecular flexibility index (Phi) is 6.04. The summed E-state index contributed by atoms with van der Waals surface area (Å²) in [6, 6.07) is 12.3. The molecule has 0 spiro atoms. The molecule has 2 heterocycles. The van der Waals surface area contributed by atoms with E-state index in [1.54, 1.807) is 11.4 Å². The fraction of sp³-hybridized carbons (Fsp3) is 0.167. The van der Waals surface area contributed by atoms with E-state index >= 15 is 0 Å². The number of benzene rings is 1. The Morgan fingerprint density at radius 2 is 1.86 bits per heavy atom. The predicted octanol–water partition coefficient (Wildman–Crippen LogP) is 3.33. The summed E-state index contributed by atoms with van der Waals surface area (Å²) >= 11 is 2.15. The van der Waals surface area contributed by atoms with Gasteiger partial charge in [0.15, 0.2) is 10.9 Å². The molecule has 10 heteroatoms. The summed E-state index contributed by atoms with van der Waals surface area (Å²) in [7, 11) is -2.38. The zero-order valence-electron chi connectivity index (χ0n) is 15.1. The van der Waals surface area contributed by atoms with Gasteiger partial charge in [0.1, 0.15) is 4.21 Å². The van der Waals surface area contributed by atoms with Gasteiger partial charge < -0.3 is 5.32 Å². The monoisotopic (exact) mass is 435 g/mol. The molecule has 0 fully saturated rings. The third-order valence-electron chi connectivity index (χ3n) is 3.77. The van der Waals surface area contributed by atoms with Crippen LogP contribution in [0, 0.1) is 0 Å². The van der Waals surface area contributed by atoms with E-state index in [2.05, 4.69) is 10.3 Å². The molecule has 2 aromatic heterocycles. The summed E-state index contributed by atoms with van der Waals surface area (Å²) in [5.74, 6) is -0.694. The van der Waals surface area contributed by atoms with E-state index < -0.39 is 15.9 Å². The fourth-order valence-corrected chi connectivity index (χ4v) is 5.64. The number of Topliss-reactive ketones (excluding diaryl/α,β-unsaturated/α-hetero) is 1. The van der Waals surface area contributed by atoms with Gasteiger partial charge in [-0.2, -0.15) is 4.31 Å². The van der Waals surface area contributed by atoms with Crippen molar-refractivity contribution in [2.45, 2.75) is 11.1 Å². The summed E-state index contributed by atoms with van der Waals surface area (Å²) in [6.45, 7) is 1.07. The van der Waals surface area contributed by atoms with E-state index in [0.29, 0.717) is 10.6 Å². The molecular formula is C18H17N3O4S3. The van der Waals surface area contributed by atoms with Gasteiger partial charge in [-0.1, -0.05) is 47.7 Å². The first-order valence-electron chi connectivity index (χ1n) is 8.16. The molecule has 7 nitrogen and oxygen atoms in total. The molecule has 3 rings (SSSR count). The lowest BCUT2D eigenvalue weighted by Crippen LogP contribution is -2.34. The Balaban J connectivity index is 1.77. The lowest BCUT2D eigenvalue weighted by molar-refractivity contribution is -0.116. The van der Waals surface area contributed by atoms with Crippen molar-refractivity contribution < 1.29 is 18.0 Å². The van der Waals surface area contributed by atoms with E-state index in [9.17, 15) is 18.0 Å². The summed E-state index contributed by atoms with van der Waals surface area (Å²) < 4.78 is 26.0. The molecule has 3 aromatic rings. The molecule has 0 saturated carbocycles. The SMILES string of the molecule is CC(=O)c1sc(NC(=O)CN(C)S(=O)(=O)c2cccs2)nc1-c1ccccc1. The highest BCUT2D eigenvalue weighted by atomic mass is 32.2. The topological polar surface area (TPSA) is 96.4 Å². The number of likely N-dealkylation sites (N-methyl/N-ethyl adjacent to an activating group) is 1. The Bertz CT molecular complexity index is 1090. The van der Waals surface area contributed by atoms with Gasteiger partial charge in [-0.25, -0.2) is 13.4 Å². The molecule has 0 radical (unpaired) electrons. The number of carbonyl (C=O) groups excluding carboxylic acids is 2. The van der Waals surface area contributed by atoms with Crippen molar-refractivity contribution in [3.05, 3.63) is 52.7 Å². The maximum Gasteiger partial charge on any atom is 0.252 e. The molecule has 0 atom stereocenters. The van der Waals surface area contributed by atoms with Crippen LogP contribution < -0.4 is 5.32 Å². The Labute approximate surface area is 170 Å². The minimum atomic E-state index is -3.72. The second kappa shape index (κ2) is 8.31. The number of thiophene rings is 1. The Hall–Kier alpha value is -2.40. The maximum absolute atomic E-state index is 12.4. The Morgan fingerprint density at radius 1 is 1.14 bits per heavy atom. The number of aromatic nitrogens is 1. The van der Waals surface area contributed by atoms with E-state index in [4.69, 9.17) is 0 Å². The normalized spacial score (nSPS) is 11.5. The smallest absolute Gasteiger partial charge is 0.252 e. The number of hydrogen-bond acceptors (Lipinski definition) is 7. The molecule has 0 aliphatic heterocycles. The molecular weight excluding hydrogens is 418 g/mol. The van der Waals surface area contributed by atoms with Crippen LogP contribution in [0.4, 0.5) is 5.13 Å². The first kappa shape index (κ1) is 20.3. The second-order valence-corrected chi connectivity index (χ2v) is 10.1. The fourth-order valence-electron chi connectivity index (χ4n) is 2.41. The minimum absolute atomic E-state index is 0.158. The van der Waals surface area contributed by atoms with Gasteiger partial charge in [-0.05, 0) is 11.4 Å². The zero-order chi connectivity index (χ0) is 20.3. The summed E-state index contributed by atoms with van der Waals surface area (Å²) in [5, 5.41) is 4.49. The number of carbonyl (C=O) groups is 2. The third-order valence-corrected chi connectivity index (χ3v) is 8.01. The highest BCUT2D eigenvalue weighted by Crippen LogP contribution is 2.31. The second-order valence-electron chi connectivity index (χ2n) is 5.86. The molecule has 0 bridgehead atoms. The van der Waals surface area contributed by atoms with Crippen molar-refractivity contribution in [1.29, 1.82) is 0 Å². The molecule has 0 aliphatic carbocycles. The number of ketones is 1. The van der Waals surface area contributed by atoms with Crippen LogP contribution in [0.3, 0.4) is 0 Å². The highest BCUT2D eigenvalue weighted by molar-refractivity contribution is 7.91. The van der Waals surface area contributed by atoms with Crippen molar-refractivity contribution in [2.75, 3.05) is 18.9 Å². The Morgan fingerprint density at radius 3 is 2.46 bits per heavy atom. The van der Waals surface area contributed by atoms with Gasteiger partial charge in [0.2, 0.25) is 5.91 Å². The summed E-state index contributed by atoms with van der Waals surface area (Å²) in [5.41, 5.74) is 1.26. The first-order valence-corrected chi connectivity index (χ1v) is 11.3. The number of rotatable bonds is 7. The van der Waals surface area contributed by atoms with E-state index in [1.165, 1.54) is 20.0 Å². The van der Waals surface area contributed by atoms with Crippen molar-refractivity contribution in [1.82, 2.24) is 9.29 Å². The van der Waals surface area contributed by atoms with Crippen molar-refractivity contribution >= 4 is 49.5 Å². The van der Waals surface area contributed by atoms with E-state index in [0.717, 1.165) is 32.5 Å². The number of hydrogen-bond donors (Lipinski definition) is 1. The first-order chi connectivity index (χ1) is 13.3. The molecule has 1 N–H and O–H groups in total. The number of nitrogens with zero attached hydrogens (tertiary/aromatic N) is 2. The minimum Gasteiger partial charge on any atom is -0.301 e. The average molecular weight is 436 g/mol. The quantitative estimate of drug-likeness (QED) is 0.574. The maximum atomic E-state index is 12.4. The van der Waals surface area contributed by atoms with Gasteiger partial charge in [-0.15, -0.1) is 11.3 Å². The third kappa shape index (κ3) is 4.36. The van der Waals surface area contributed by atoms with Crippen LogP contribution in [-0.2, 0) is 14.8 Å². The largest absolute Gasteiger partial charge is 0.301 e. The van der Waals surface area contributed by atoms with Crippen LogP contribution in [-0.4, -0.2) is 43.0 Å². The van der Waals surface area contributed by atoms with E-state index in [-0.39, 0.29) is 21.7 Å². The molecule has 0 saturated heterocycles. The molecule has 0 aliphatic rings. The van der Waals surface area contributed by atoms with Crippen LogP contribution in [0.5, 0.6) is 0 Å². The lowest BCUT2D eigenvalue weighted by atomic mass is 10.1. The van der Waals surface area contributed by atoms with E-state index in [1.807, 2.05) is 30.3 Å². The molecule has 146 valence electrons.